The molecule has 0 aliphatic carbocycles. The molecule has 2 aliphatic rings. The number of piperidine rings is 1. The van der Waals surface area contributed by atoms with Crippen LogP contribution in [0.1, 0.15) is 43.5 Å². The molecule has 0 bridgehead atoms. The van der Waals surface area contributed by atoms with Crippen molar-refractivity contribution in [1.29, 1.82) is 0 Å². The van der Waals surface area contributed by atoms with Gasteiger partial charge in [0.25, 0.3) is 0 Å². The molecule has 3 heterocycles. The molecule has 2 aliphatic heterocycles. The molecule has 2 saturated heterocycles. The molecule has 3 N–H and O–H groups in total. The van der Waals surface area contributed by atoms with Gasteiger partial charge in [-0.1, -0.05) is 13.0 Å². The second kappa shape index (κ2) is 12.2. The Hall–Kier alpha value is -0.370. The highest BCUT2D eigenvalue weighted by Gasteiger charge is 2.29. The quantitative estimate of drug-likeness (QED) is 0.716. The third-order valence-corrected chi connectivity index (χ3v) is 6.65. The van der Waals surface area contributed by atoms with Gasteiger partial charge in [0.1, 0.15) is 0 Å². The van der Waals surface area contributed by atoms with E-state index in [0.717, 1.165) is 45.1 Å². The van der Waals surface area contributed by atoms with Gasteiger partial charge in [0.05, 0.1) is 12.1 Å². The van der Waals surface area contributed by atoms with Crippen molar-refractivity contribution in [2.75, 3.05) is 32.8 Å². The standard InChI is InChI=1S/C19H31N3O2S.2ClH/c1-14-4-8-22(9-5-14)16(17-3-2-12-25-17)13-21-19(23)18(20)15-6-10-24-11-7-15;;/h2-3,12,14-16,18H,4-11,13,20H2,1H3,(H,21,23);2*1H. The molecule has 0 saturated carbocycles. The number of thiophene rings is 1. The lowest BCUT2D eigenvalue weighted by Crippen LogP contribution is -2.49. The van der Waals surface area contributed by atoms with Crippen molar-refractivity contribution in [3.63, 3.8) is 0 Å². The predicted octanol–water partition coefficient (Wildman–Crippen LogP) is 3.23. The molecule has 0 aromatic carbocycles. The van der Waals surface area contributed by atoms with Crippen molar-refractivity contribution in [1.82, 2.24) is 10.2 Å². The zero-order valence-corrected chi connectivity index (χ0v) is 18.4. The van der Waals surface area contributed by atoms with Gasteiger partial charge in [-0.05, 0) is 62.1 Å². The Labute approximate surface area is 179 Å². The van der Waals surface area contributed by atoms with E-state index >= 15 is 0 Å². The van der Waals surface area contributed by atoms with Gasteiger partial charge in [0, 0.05) is 24.6 Å². The maximum atomic E-state index is 12.6. The number of hydrogen-bond acceptors (Lipinski definition) is 5. The van der Waals surface area contributed by atoms with Crippen molar-refractivity contribution in [3.8, 4) is 0 Å². The highest BCUT2D eigenvalue weighted by Crippen LogP contribution is 2.29. The van der Waals surface area contributed by atoms with Gasteiger partial charge in [-0.25, -0.2) is 0 Å². The van der Waals surface area contributed by atoms with Gasteiger partial charge in [0.15, 0.2) is 0 Å². The van der Waals surface area contributed by atoms with Crippen molar-refractivity contribution >= 4 is 42.1 Å². The van der Waals surface area contributed by atoms with Gasteiger partial charge in [-0.15, -0.1) is 36.2 Å². The largest absolute Gasteiger partial charge is 0.381 e. The molecular weight excluding hydrogens is 405 g/mol. The zero-order chi connectivity index (χ0) is 17.6. The summed E-state index contributed by atoms with van der Waals surface area (Å²) < 4.78 is 5.37. The average Bonchev–Trinajstić information content (AvgIpc) is 3.17. The molecule has 2 fully saturated rings. The molecule has 1 aromatic rings. The molecule has 3 rings (SSSR count). The summed E-state index contributed by atoms with van der Waals surface area (Å²) in [4.78, 5) is 16.4. The van der Waals surface area contributed by atoms with Crippen LogP contribution in [0.3, 0.4) is 0 Å². The summed E-state index contributed by atoms with van der Waals surface area (Å²) in [5.41, 5.74) is 6.21. The predicted molar refractivity (Wildman–Crippen MR) is 116 cm³/mol. The summed E-state index contributed by atoms with van der Waals surface area (Å²) in [6, 6.07) is 4.11. The monoisotopic (exact) mass is 437 g/mol. The van der Waals surface area contributed by atoms with Crippen molar-refractivity contribution in [2.45, 2.75) is 44.7 Å². The van der Waals surface area contributed by atoms with Gasteiger partial charge >= 0.3 is 0 Å². The number of nitrogens with one attached hydrogen (secondary N) is 1. The SMILES string of the molecule is CC1CCN(C(CNC(=O)C(N)C2CCOCC2)c2cccs2)CC1.Cl.Cl. The normalized spacial score (nSPS) is 21.6. The number of nitrogens with zero attached hydrogens (tertiary/aromatic N) is 1. The van der Waals surface area contributed by atoms with E-state index in [1.807, 2.05) is 0 Å². The van der Waals surface area contributed by atoms with Crippen molar-refractivity contribution < 1.29 is 9.53 Å². The molecule has 5 nitrogen and oxygen atoms in total. The average molecular weight is 438 g/mol. The van der Waals surface area contributed by atoms with Crippen LogP contribution in [0, 0.1) is 11.8 Å². The number of likely N-dealkylation sites (tertiary alicyclic amines) is 1. The van der Waals surface area contributed by atoms with E-state index in [1.165, 1.54) is 17.7 Å². The second-order valence-corrected chi connectivity index (χ2v) is 8.45. The first-order valence-electron chi connectivity index (χ1n) is 9.53. The first kappa shape index (κ1) is 24.7. The van der Waals surface area contributed by atoms with E-state index < -0.39 is 6.04 Å². The van der Waals surface area contributed by atoms with Gasteiger partial charge in [0.2, 0.25) is 5.91 Å². The van der Waals surface area contributed by atoms with Crippen LogP contribution >= 0.6 is 36.2 Å². The number of hydrogen-bond donors (Lipinski definition) is 2. The van der Waals surface area contributed by atoms with E-state index in [4.69, 9.17) is 10.5 Å². The van der Waals surface area contributed by atoms with Crippen LogP contribution in [0.25, 0.3) is 0 Å². The topological polar surface area (TPSA) is 67.6 Å². The van der Waals surface area contributed by atoms with Crippen LogP contribution in [0.2, 0.25) is 0 Å². The first-order chi connectivity index (χ1) is 12.1. The van der Waals surface area contributed by atoms with E-state index in [9.17, 15) is 4.79 Å². The molecule has 1 aromatic heterocycles. The summed E-state index contributed by atoms with van der Waals surface area (Å²) in [7, 11) is 0. The fourth-order valence-corrected chi connectivity index (χ4v) is 4.70. The maximum Gasteiger partial charge on any atom is 0.237 e. The first-order valence-corrected chi connectivity index (χ1v) is 10.4. The van der Waals surface area contributed by atoms with E-state index in [1.54, 1.807) is 11.3 Å². The molecule has 8 heteroatoms. The highest BCUT2D eigenvalue weighted by atomic mass is 35.5. The molecule has 2 unspecified atom stereocenters. The molecule has 0 spiro atoms. The van der Waals surface area contributed by atoms with Gasteiger partial charge < -0.3 is 15.8 Å². The minimum atomic E-state index is -0.422. The smallest absolute Gasteiger partial charge is 0.237 e. The number of amides is 1. The van der Waals surface area contributed by atoms with E-state index in [0.29, 0.717) is 6.54 Å². The van der Waals surface area contributed by atoms with Crippen LogP contribution in [0.5, 0.6) is 0 Å². The number of rotatable bonds is 6. The summed E-state index contributed by atoms with van der Waals surface area (Å²) in [5.74, 6) is 1.03. The minimum absolute atomic E-state index is 0. The molecule has 1 amide bonds. The minimum Gasteiger partial charge on any atom is -0.381 e. The van der Waals surface area contributed by atoms with Crippen molar-refractivity contribution in [2.24, 2.45) is 17.6 Å². The molecule has 27 heavy (non-hydrogen) atoms. The lowest BCUT2D eigenvalue weighted by Gasteiger charge is -2.36. The van der Waals surface area contributed by atoms with Gasteiger partial charge in [-0.3, -0.25) is 9.69 Å². The highest BCUT2D eigenvalue weighted by molar-refractivity contribution is 7.10. The van der Waals surface area contributed by atoms with E-state index in [2.05, 4.69) is 34.7 Å². The zero-order valence-electron chi connectivity index (χ0n) is 16.0. The third kappa shape index (κ3) is 6.87. The number of nitrogens with two attached hydrogens (primary N) is 1. The Morgan fingerprint density at radius 2 is 1.96 bits per heavy atom. The molecule has 0 radical (unpaired) electrons. The molecular formula is C19H33Cl2N3O2S. The Bertz CT molecular complexity index is 533. The number of halogens is 2. The van der Waals surface area contributed by atoms with Gasteiger partial charge in [-0.2, -0.15) is 0 Å². The number of carbonyl (C=O) groups is 1. The van der Waals surface area contributed by atoms with Crippen LogP contribution in [-0.4, -0.2) is 49.7 Å². The Morgan fingerprint density at radius 3 is 2.56 bits per heavy atom. The lowest BCUT2D eigenvalue weighted by molar-refractivity contribution is -0.124. The Morgan fingerprint density at radius 1 is 1.30 bits per heavy atom. The Balaban J connectivity index is 0.00000182. The molecule has 156 valence electrons. The van der Waals surface area contributed by atoms with E-state index in [-0.39, 0.29) is 42.7 Å². The van der Waals surface area contributed by atoms with Crippen LogP contribution in [0.15, 0.2) is 17.5 Å². The fraction of sp³-hybridized carbons (Fsp3) is 0.737. The molecule has 2 atom stereocenters. The van der Waals surface area contributed by atoms with Crippen molar-refractivity contribution in [3.05, 3.63) is 22.4 Å². The maximum absolute atomic E-state index is 12.6. The third-order valence-electron chi connectivity index (χ3n) is 5.68. The summed E-state index contributed by atoms with van der Waals surface area (Å²) in [6.07, 6.45) is 4.23. The number of ether oxygens (including phenoxy) is 1. The summed E-state index contributed by atoms with van der Waals surface area (Å²) >= 11 is 1.77. The summed E-state index contributed by atoms with van der Waals surface area (Å²) in [5, 5.41) is 5.25. The second-order valence-electron chi connectivity index (χ2n) is 7.47. The number of carbonyl (C=O) groups excluding carboxylic acids is 1. The summed E-state index contributed by atoms with van der Waals surface area (Å²) in [6.45, 7) is 6.61. The fourth-order valence-electron chi connectivity index (χ4n) is 3.83. The van der Waals surface area contributed by atoms with Crippen LogP contribution in [0.4, 0.5) is 0 Å². The Kier molecular flexibility index (Phi) is 11.2. The lowest BCUT2D eigenvalue weighted by atomic mass is 9.92. The van der Waals surface area contributed by atoms with Crippen LogP contribution < -0.4 is 11.1 Å². The van der Waals surface area contributed by atoms with Crippen LogP contribution in [-0.2, 0) is 9.53 Å².